The maximum absolute atomic E-state index is 13.1. The predicted molar refractivity (Wildman–Crippen MR) is 62.7 cm³/mol. The fourth-order valence-corrected chi connectivity index (χ4v) is 1.69. The summed E-state index contributed by atoms with van der Waals surface area (Å²) < 4.78 is 13.1. The molecule has 0 unspecified atom stereocenters. The molecule has 1 aromatic rings. The van der Waals surface area contributed by atoms with Crippen molar-refractivity contribution in [3.63, 3.8) is 0 Å². The van der Waals surface area contributed by atoms with Gasteiger partial charge in [0.2, 0.25) is 5.82 Å². The summed E-state index contributed by atoms with van der Waals surface area (Å²) in [6.45, 7) is 0.550. The van der Waals surface area contributed by atoms with Gasteiger partial charge < -0.3 is 5.32 Å². The molecule has 1 amide bonds. The Balaban J connectivity index is 2.00. The molecule has 0 atom stereocenters. The smallest absolute Gasteiger partial charge is 0.305 e. The van der Waals surface area contributed by atoms with Gasteiger partial charge in [0.15, 0.2) is 0 Å². The van der Waals surface area contributed by atoms with Crippen LogP contribution in [-0.2, 0) is 0 Å². The van der Waals surface area contributed by atoms with Crippen molar-refractivity contribution in [2.24, 2.45) is 5.92 Å². The van der Waals surface area contributed by atoms with Crippen molar-refractivity contribution < 1.29 is 14.1 Å². The molecule has 1 saturated carbocycles. The SMILES string of the molecule is O=C(NCCC1CC1)c1ccc(F)c([N+](=O)[O-])c1. The van der Waals surface area contributed by atoms with Gasteiger partial charge in [0.25, 0.3) is 5.91 Å². The highest BCUT2D eigenvalue weighted by molar-refractivity contribution is 5.94. The van der Waals surface area contributed by atoms with E-state index in [2.05, 4.69) is 5.32 Å². The highest BCUT2D eigenvalue weighted by Crippen LogP contribution is 2.31. The third-order valence-corrected chi connectivity index (χ3v) is 2.94. The van der Waals surface area contributed by atoms with Gasteiger partial charge in [0, 0.05) is 18.2 Å². The maximum Gasteiger partial charge on any atom is 0.305 e. The van der Waals surface area contributed by atoms with Crippen LogP contribution in [0, 0.1) is 21.8 Å². The van der Waals surface area contributed by atoms with E-state index >= 15 is 0 Å². The van der Waals surface area contributed by atoms with E-state index in [0.29, 0.717) is 12.5 Å². The van der Waals surface area contributed by atoms with Crippen LogP contribution >= 0.6 is 0 Å². The van der Waals surface area contributed by atoms with Crippen molar-refractivity contribution in [1.29, 1.82) is 0 Å². The molecule has 0 saturated heterocycles. The van der Waals surface area contributed by atoms with Gasteiger partial charge in [-0.1, -0.05) is 12.8 Å². The molecule has 18 heavy (non-hydrogen) atoms. The Morgan fingerprint density at radius 1 is 1.50 bits per heavy atom. The lowest BCUT2D eigenvalue weighted by atomic mass is 10.2. The second-order valence-corrected chi connectivity index (χ2v) is 4.41. The highest BCUT2D eigenvalue weighted by Gasteiger charge is 2.21. The molecule has 0 bridgehead atoms. The zero-order valence-corrected chi connectivity index (χ0v) is 9.69. The van der Waals surface area contributed by atoms with Gasteiger partial charge in [-0.05, 0) is 24.5 Å². The molecule has 1 aromatic carbocycles. The topological polar surface area (TPSA) is 72.2 Å². The molecule has 0 aromatic heterocycles. The Bertz CT molecular complexity index is 486. The van der Waals surface area contributed by atoms with E-state index in [4.69, 9.17) is 0 Å². The van der Waals surface area contributed by atoms with Gasteiger partial charge >= 0.3 is 5.69 Å². The number of benzene rings is 1. The van der Waals surface area contributed by atoms with Crippen LogP contribution in [0.1, 0.15) is 29.6 Å². The molecule has 1 N–H and O–H groups in total. The van der Waals surface area contributed by atoms with Gasteiger partial charge in [0.1, 0.15) is 0 Å². The lowest BCUT2D eigenvalue weighted by Gasteiger charge is -2.04. The number of nitrogens with zero attached hydrogens (tertiary/aromatic N) is 1. The van der Waals surface area contributed by atoms with Gasteiger partial charge in [-0.3, -0.25) is 14.9 Å². The Hall–Kier alpha value is -1.98. The van der Waals surface area contributed by atoms with Crippen LogP contribution in [0.3, 0.4) is 0 Å². The number of amides is 1. The Morgan fingerprint density at radius 3 is 2.83 bits per heavy atom. The highest BCUT2D eigenvalue weighted by atomic mass is 19.1. The molecule has 96 valence electrons. The number of carbonyl (C=O) groups excluding carboxylic acids is 1. The number of hydrogen-bond acceptors (Lipinski definition) is 3. The number of nitrogens with one attached hydrogen (secondary N) is 1. The van der Waals surface area contributed by atoms with Crippen LogP contribution in [0.25, 0.3) is 0 Å². The largest absolute Gasteiger partial charge is 0.352 e. The zero-order chi connectivity index (χ0) is 13.1. The molecular weight excluding hydrogens is 239 g/mol. The number of rotatable bonds is 5. The molecule has 1 aliphatic carbocycles. The Kier molecular flexibility index (Phi) is 3.55. The normalized spacial score (nSPS) is 14.3. The van der Waals surface area contributed by atoms with E-state index in [0.717, 1.165) is 18.6 Å². The first-order chi connectivity index (χ1) is 8.58. The van der Waals surface area contributed by atoms with Crippen molar-refractivity contribution in [3.05, 3.63) is 39.7 Å². The van der Waals surface area contributed by atoms with Gasteiger partial charge in [0.05, 0.1) is 4.92 Å². The van der Waals surface area contributed by atoms with E-state index in [-0.39, 0.29) is 5.56 Å². The minimum absolute atomic E-state index is 0.110. The third-order valence-electron chi connectivity index (χ3n) is 2.94. The van der Waals surface area contributed by atoms with E-state index in [9.17, 15) is 19.3 Å². The minimum Gasteiger partial charge on any atom is -0.352 e. The Labute approximate surface area is 103 Å². The van der Waals surface area contributed by atoms with E-state index in [1.54, 1.807) is 0 Å². The van der Waals surface area contributed by atoms with Crippen molar-refractivity contribution in [2.75, 3.05) is 6.54 Å². The number of nitro groups is 1. The van der Waals surface area contributed by atoms with E-state index in [1.165, 1.54) is 18.9 Å². The third kappa shape index (κ3) is 3.03. The molecule has 6 heteroatoms. The molecule has 0 aliphatic heterocycles. The second-order valence-electron chi connectivity index (χ2n) is 4.41. The first-order valence-corrected chi connectivity index (χ1v) is 5.80. The van der Waals surface area contributed by atoms with Crippen LogP contribution in [0.4, 0.5) is 10.1 Å². The number of hydrogen-bond donors (Lipinski definition) is 1. The predicted octanol–water partition coefficient (Wildman–Crippen LogP) is 2.26. The molecule has 0 heterocycles. The maximum atomic E-state index is 13.1. The molecule has 2 rings (SSSR count). The van der Waals surface area contributed by atoms with E-state index in [1.807, 2.05) is 0 Å². The summed E-state index contributed by atoms with van der Waals surface area (Å²) >= 11 is 0. The van der Waals surface area contributed by atoms with Crippen LogP contribution in [0.5, 0.6) is 0 Å². The first kappa shape index (κ1) is 12.5. The van der Waals surface area contributed by atoms with Crippen molar-refractivity contribution >= 4 is 11.6 Å². The van der Waals surface area contributed by atoms with Crippen molar-refractivity contribution in [1.82, 2.24) is 5.32 Å². The summed E-state index contributed by atoms with van der Waals surface area (Å²) in [6, 6.07) is 3.14. The molecular formula is C12H13FN2O3. The van der Waals surface area contributed by atoms with Gasteiger partial charge in [-0.15, -0.1) is 0 Å². The Morgan fingerprint density at radius 2 is 2.22 bits per heavy atom. The standard InChI is InChI=1S/C12H13FN2O3/c13-10-4-3-9(7-11(10)15(17)18)12(16)14-6-5-8-1-2-8/h3-4,7-8H,1-2,5-6H2,(H,14,16). The lowest BCUT2D eigenvalue weighted by molar-refractivity contribution is -0.387. The summed E-state index contributed by atoms with van der Waals surface area (Å²) in [5, 5.41) is 13.2. The summed E-state index contributed by atoms with van der Waals surface area (Å²) in [7, 11) is 0. The first-order valence-electron chi connectivity index (χ1n) is 5.80. The second kappa shape index (κ2) is 5.12. The fraction of sp³-hybridized carbons (Fsp3) is 0.417. The summed E-state index contributed by atoms with van der Waals surface area (Å²) in [5.74, 6) is -0.638. The average Bonchev–Trinajstić information content (AvgIpc) is 3.13. The number of carbonyl (C=O) groups is 1. The van der Waals surface area contributed by atoms with Crippen molar-refractivity contribution in [3.8, 4) is 0 Å². The zero-order valence-electron chi connectivity index (χ0n) is 9.69. The fourth-order valence-electron chi connectivity index (χ4n) is 1.69. The molecule has 1 aliphatic rings. The van der Waals surface area contributed by atoms with Crippen LogP contribution in [0.15, 0.2) is 18.2 Å². The number of halogens is 1. The van der Waals surface area contributed by atoms with E-state index < -0.39 is 22.3 Å². The number of nitro benzene ring substituents is 1. The van der Waals surface area contributed by atoms with Crippen LogP contribution in [-0.4, -0.2) is 17.4 Å². The molecule has 5 nitrogen and oxygen atoms in total. The van der Waals surface area contributed by atoms with Gasteiger partial charge in [-0.2, -0.15) is 4.39 Å². The van der Waals surface area contributed by atoms with Gasteiger partial charge in [-0.25, -0.2) is 0 Å². The van der Waals surface area contributed by atoms with Crippen LogP contribution < -0.4 is 5.32 Å². The molecule has 0 spiro atoms. The monoisotopic (exact) mass is 252 g/mol. The minimum atomic E-state index is -0.936. The van der Waals surface area contributed by atoms with Crippen LogP contribution in [0.2, 0.25) is 0 Å². The lowest BCUT2D eigenvalue weighted by Crippen LogP contribution is -2.24. The summed E-state index contributed by atoms with van der Waals surface area (Å²) in [5.41, 5.74) is -0.566. The summed E-state index contributed by atoms with van der Waals surface area (Å²) in [6.07, 6.45) is 3.34. The molecule has 0 radical (unpaired) electrons. The summed E-state index contributed by atoms with van der Waals surface area (Å²) in [4.78, 5) is 21.4. The van der Waals surface area contributed by atoms with Crippen molar-refractivity contribution in [2.45, 2.75) is 19.3 Å². The quantitative estimate of drug-likeness (QED) is 0.645. The molecule has 1 fully saturated rings. The average molecular weight is 252 g/mol.